The maximum Gasteiger partial charge on any atom is 0.291 e. The van der Waals surface area contributed by atoms with Crippen LogP contribution in [-0.2, 0) is 16.6 Å². The predicted octanol–water partition coefficient (Wildman–Crippen LogP) is 2.88. The zero-order chi connectivity index (χ0) is 19.6. The van der Waals surface area contributed by atoms with Gasteiger partial charge < -0.3 is 16.2 Å². The van der Waals surface area contributed by atoms with Crippen LogP contribution >= 0.6 is 33.9 Å². The molecule has 0 fully saturated rings. The first kappa shape index (κ1) is 19.9. The molecule has 1 aromatic heterocycles. The molecule has 0 bridgehead atoms. The first-order chi connectivity index (χ1) is 12.8. The van der Waals surface area contributed by atoms with Gasteiger partial charge in [0.15, 0.2) is 5.01 Å². The largest absolute Gasteiger partial charge is 0.485 e. The Morgan fingerprint density at radius 2 is 1.93 bits per heavy atom. The van der Waals surface area contributed by atoms with Crippen molar-refractivity contribution >= 4 is 55.3 Å². The summed E-state index contributed by atoms with van der Waals surface area (Å²) in [6, 6.07) is 9.65. The molecule has 0 saturated heterocycles. The molecule has 0 radical (unpaired) electrons. The van der Waals surface area contributed by atoms with E-state index in [0.29, 0.717) is 17.8 Å². The van der Waals surface area contributed by atoms with Crippen LogP contribution in [0.15, 0.2) is 41.3 Å². The number of nitrogens with zero attached hydrogens (tertiary/aromatic N) is 2. The summed E-state index contributed by atoms with van der Waals surface area (Å²) in [4.78, 5) is 0.498. The van der Waals surface area contributed by atoms with Crippen LogP contribution in [0.2, 0.25) is 0 Å². The van der Waals surface area contributed by atoms with E-state index in [1.807, 2.05) is 18.2 Å². The standard InChI is InChI=1S/C15H13FIN5O3S2/c16-22-27(24,25)10-2-4-13(11(6-10)14-20-21-15(23)26-14)19-12-3-1-9(17)5-8(12)7-18/h1-6,19,22H,7,18H2,(H,21,23). The van der Waals surface area contributed by atoms with E-state index < -0.39 is 10.0 Å². The van der Waals surface area contributed by atoms with Gasteiger partial charge >= 0.3 is 0 Å². The lowest BCUT2D eigenvalue weighted by atomic mass is 10.1. The van der Waals surface area contributed by atoms with E-state index in [4.69, 9.17) is 5.73 Å². The van der Waals surface area contributed by atoms with Gasteiger partial charge in [-0.05, 0) is 69.5 Å². The summed E-state index contributed by atoms with van der Waals surface area (Å²) in [6.07, 6.45) is 0. The molecule has 12 heteroatoms. The maximum absolute atomic E-state index is 12.6. The van der Waals surface area contributed by atoms with Gasteiger partial charge in [0.2, 0.25) is 0 Å². The summed E-state index contributed by atoms with van der Waals surface area (Å²) in [6.45, 7) is 0.298. The number of sulfonamides is 1. The number of nitrogens with two attached hydrogens (primary N) is 1. The fraction of sp³-hybridized carbons (Fsp3) is 0.0667. The number of aromatic nitrogens is 2. The predicted molar refractivity (Wildman–Crippen MR) is 109 cm³/mol. The maximum atomic E-state index is 12.6. The summed E-state index contributed by atoms with van der Waals surface area (Å²) in [5, 5.41) is 20.1. The lowest BCUT2D eigenvalue weighted by Crippen LogP contribution is -2.14. The molecule has 0 spiro atoms. The van der Waals surface area contributed by atoms with Crippen LogP contribution in [-0.4, -0.2) is 23.7 Å². The average molecular weight is 521 g/mol. The highest BCUT2D eigenvalue weighted by molar-refractivity contribution is 14.1. The number of halogens is 2. The van der Waals surface area contributed by atoms with Crippen molar-refractivity contribution in [3.05, 3.63) is 45.5 Å². The van der Waals surface area contributed by atoms with Gasteiger partial charge in [-0.15, -0.1) is 9.58 Å². The first-order valence-corrected chi connectivity index (χ1v) is 10.8. The van der Waals surface area contributed by atoms with Gasteiger partial charge in [-0.1, -0.05) is 16.4 Å². The van der Waals surface area contributed by atoms with Crippen LogP contribution in [0, 0.1) is 3.57 Å². The summed E-state index contributed by atoms with van der Waals surface area (Å²) < 4.78 is 37.2. The van der Waals surface area contributed by atoms with Crippen molar-refractivity contribution in [1.29, 1.82) is 0 Å². The molecule has 0 aliphatic carbocycles. The van der Waals surface area contributed by atoms with E-state index >= 15 is 0 Å². The zero-order valence-corrected chi connectivity index (χ0v) is 17.3. The lowest BCUT2D eigenvalue weighted by Gasteiger charge is -2.15. The van der Waals surface area contributed by atoms with Crippen molar-refractivity contribution < 1.29 is 18.0 Å². The molecule has 0 atom stereocenters. The van der Waals surface area contributed by atoms with Crippen LogP contribution in [0.1, 0.15) is 5.56 Å². The molecule has 5 N–H and O–H groups in total. The Bertz CT molecular complexity index is 1090. The minimum atomic E-state index is -4.30. The van der Waals surface area contributed by atoms with Gasteiger partial charge in [-0.25, -0.2) is 8.42 Å². The van der Waals surface area contributed by atoms with Crippen LogP contribution in [0.5, 0.6) is 5.19 Å². The summed E-state index contributed by atoms with van der Waals surface area (Å²) >= 11 is 3.04. The summed E-state index contributed by atoms with van der Waals surface area (Å²) in [7, 11) is -4.30. The summed E-state index contributed by atoms with van der Waals surface area (Å²) in [5.41, 5.74) is 8.22. The molecule has 8 nitrogen and oxygen atoms in total. The highest BCUT2D eigenvalue weighted by Gasteiger charge is 2.19. The number of benzene rings is 2. The van der Waals surface area contributed by atoms with Gasteiger partial charge in [-0.3, -0.25) is 0 Å². The van der Waals surface area contributed by atoms with Crippen molar-refractivity contribution in [2.24, 2.45) is 5.73 Å². The third kappa shape index (κ3) is 4.35. The topological polar surface area (TPSA) is 130 Å². The zero-order valence-electron chi connectivity index (χ0n) is 13.5. The van der Waals surface area contributed by atoms with Crippen molar-refractivity contribution in [2.75, 3.05) is 5.32 Å². The fourth-order valence-electron chi connectivity index (χ4n) is 2.34. The lowest BCUT2D eigenvalue weighted by molar-refractivity contribution is 0.425. The quantitative estimate of drug-likeness (QED) is 0.290. The molecule has 3 rings (SSSR count). The molecule has 27 heavy (non-hydrogen) atoms. The number of aromatic hydroxyl groups is 1. The van der Waals surface area contributed by atoms with E-state index in [0.717, 1.165) is 31.1 Å². The fourth-order valence-corrected chi connectivity index (χ4v) is 4.12. The van der Waals surface area contributed by atoms with E-state index in [1.54, 1.807) is 0 Å². The molecule has 1 heterocycles. The monoisotopic (exact) mass is 521 g/mol. The minimum Gasteiger partial charge on any atom is -0.485 e. The number of nitrogens with one attached hydrogen (secondary N) is 2. The third-order valence-corrected chi connectivity index (χ3v) is 6.11. The molecule has 0 aliphatic heterocycles. The third-order valence-electron chi connectivity index (χ3n) is 3.60. The smallest absolute Gasteiger partial charge is 0.291 e. The second-order valence-corrected chi connectivity index (χ2v) is 9.14. The Morgan fingerprint density at radius 3 is 2.56 bits per heavy atom. The van der Waals surface area contributed by atoms with Crippen LogP contribution in [0.4, 0.5) is 15.9 Å². The normalized spacial score (nSPS) is 11.5. The van der Waals surface area contributed by atoms with Crippen molar-refractivity contribution in [2.45, 2.75) is 11.4 Å². The van der Waals surface area contributed by atoms with Crippen molar-refractivity contribution in [3.8, 4) is 15.8 Å². The Morgan fingerprint density at radius 1 is 1.19 bits per heavy atom. The highest BCUT2D eigenvalue weighted by Crippen LogP contribution is 2.36. The van der Waals surface area contributed by atoms with E-state index in [1.165, 1.54) is 18.2 Å². The van der Waals surface area contributed by atoms with Crippen LogP contribution in [0.3, 0.4) is 0 Å². The SMILES string of the molecule is NCc1cc(I)ccc1Nc1ccc(S(=O)(=O)NF)cc1-c1nnc(O)s1. The first-order valence-electron chi connectivity index (χ1n) is 7.39. The number of hydrogen-bond donors (Lipinski definition) is 4. The molecule has 2 aromatic carbocycles. The minimum absolute atomic E-state index is 0.269. The average Bonchev–Trinajstić information content (AvgIpc) is 3.09. The number of rotatable bonds is 6. The van der Waals surface area contributed by atoms with Crippen LogP contribution in [0.25, 0.3) is 10.6 Å². The van der Waals surface area contributed by atoms with E-state index in [-0.39, 0.29) is 15.1 Å². The van der Waals surface area contributed by atoms with Gasteiger partial charge in [0.25, 0.3) is 15.2 Å². The molecule has 3 aromatic rings. The van der Waals surface area contributed by atoms with E-state index in [2.05, 4.69) is 38.1 Å². The van der Waals surface area contributed by atoms with Gasteiger partial charge in [-0.2, -0.15) is 0 Å². The molecular formula is C15H13FIN5O3S2. The Labute approximate surface area is 171 Å². The van der Waals surface area contributed by atoms with Gasteiger partial charge in [0.05, 0.1) is 4.90 Å². The summed E-state index contributed by atoms with van der Waals surface area (Å²) in [5.74, 6) is 0. The van der Waals surface area contributed by atoms with Gasteiger partial charge in [0.1, 0.15) is 0 Å². The van der Waals surface area contributed by atoms with E-state index in [9.17, 15) is 18.0 Å². The Kier molecular flexibility index (Phi) is 5.90. The van der Waals surface area contributed by atoms with Crippen molar-refractivity contribution in [3.63, 3.8) is 0 Å². The molecular weight excluding hydrogens is 508 g/mol. The second-order valence-electron chi connectivity index (χ2n) is 5.31. The molecule has 0 aliphatic rings. The number of hydrogen-bond acceptors (Lipinski definition) is 8. The van der Waals surface area contributed by atoms with Crippen LogP contribution < -0.4 is 16.0 Å². The van der Waals surface area contributed by atoms with Crippen molar-refractivity contribution in [1.82, 2.24) is 15.1 Å². The molecule has 0 saturated carbocycles. The Balaban J connectivity index is 2.12. The second kappa shape index (κ2) is 8.02. The Hall–Kier alpha value is -1.87. The molecule has 0 amide bonds. The molecule has 0 unspecified atom stereocenters. The number of anilines is 2. The van der Waals surface area contributed by atoms with Gasteiger partial charge in [0, 0.05) is 27.1 Å². The highest BCUT2D eigenvalue weighted by atomic mass is 127. The molecule has 142 valence electrons.